The van der Waals surface area contributed by atoms with Gasteiger partial charge in [0.2, 0.25) is 0 Å². The normalized spacial score (nSPS) is 10.5. The molecule has 0 aliphatic rings. The Morgan fingerprint density at radius 2 is 1.62 bits per heavy atom. The first kappa shape index (κ1) is 11.6. The molecule has 0 rings (SSSR count). The van der Waals surface area contributed by atoms with Gasteiger partial charge in [0.05, 0.1) is 27.7 Å². The molecule has 0 spiro atoms. The third-order valence-electron chi connectivity index (χ3n) is 0.771. The molecule has 50 valence electrons. The SMILES string of the molecule is C[N+](C)(C)CCO.[PbH2]. The minimum absolute atomic E-state index is 0. The van der Waals surface area contributed by atoms with Crippen LogP contribution >= 0.6 is 0 Å². The average molecular weight is 313 g/mol. The van der Waals surface area contributed by atoms with Gasteiger partial charge < -0.3 is 9.59 Å². The van der Waals surface area contributed by atoms with Crippen molar-refractivity contribution in [1.29, 1.82) is 0 Å². The van der Waals surface area contributed by atoms with E-state index in [0.29, 0.717) is 0 Å². The van der Waals surface area contributed by atoms with E-state index in [2.05, 4.69) is 21.1 Å². The van der Waals surface area contributed by atoms with Crippen molar-refractivity contribution in [3.63, 3.8) is 0 Å². The van der Waals surface area contributed by atoms with Crippen LogP contribution in [0.15, 0.2) is 0 Å². The van der Waals surface area contributed by atoms with E-state index < -0.39 is 0 Å². The molecular formula is C5H16NOPb+. The first-order valence-electron chi connectivity index (χ1n) is 2.47. The molecule has 0 aromatic heterocycles. The Balaban J connectivity index is 0. The summed E-state index contributed by atoms with van der Waals surface area (Å²) in [4.78, 5) is 0. The van der Waals surface area contributed by atoms with Gasteiger partial charge in [-0.1, -0.05) is 0 Å². The number of hydrogen-bond donors (Lipinski definition) is 1. The molecule has 3 heteroatoms. The zero-order valence-corrected chi connectivity index (χ0v) is 11.5. The summed E-state index contributed by atoms with van der Waals surface area (Å²) in [6.07, 6.45) is 0. The van der Waals surface area contributed by atoms with Crippen molar-refractivity contribution in [3.8, 4) is 0 Å². The molecule has 0 amide bonds. The zero-order valence-electron chi connectivity index (χ0n) is 6.02. The van der Waals surface area contributed by atoms with Crippen LogP contribution in [0.1, 0.15) is 0 Å². The second-order valence-electron chi connectivity index (χ2n) is 2.74. The van der Waals surface area contributed by atoms with E-state index in [4.69, 9.17) is 5.11 Å². The van der Waals surface area contributed by atoms with Gasteiger partial charge in [0.1, 0.15) is 6.54 Å². The average Bonchev–Trinajstić information content (AvgIpc) is 1.30. The molecule has 0 saturated carbocycles. The van der Waals surface area contributed by atoms with Crippen LogP contribution in [-0.4, -0.2) is 71.2 Å². The molecule has 0 heterocycles. The first-order valence-corrected chi connectivity index (χ1v) is 2.47. The standard InChI is InChI=1S/C5H14NO.Pb.2H/c1-6(2,3)4-5-7;;;/h7H,4-5H2,1-3H3;;;/q+1;;;. The Hall–Kier alpha value is 0.842. The van der Waals surface area contributed by atoms with Gasteiger partial charge in [-0.2, -0.15) is 0 Å². The van der Waals surface area contributed by atoms with Gasteiger partial charge >= 0.3 is 27.3 Å². The molecule has 0 bridgehead atoms. The maximum absolute atomic E-state index is 8.39. The summed E-state index contributed by atoms with van der Waals surface area (Å²) < 4.78 is 0.844. The number of rotatable bonds is 2. The maximum atomic E-state index is 8.39. The van der Waals surface area contributed by atoms with Crippen LogP contribution in [0.2, 0.25) is 0 Å². The van der Waals surface area contributed by atoms with Crippen molar-refractivity contribution >= 4 is 27.3 Å². The molecule has 1 N–H and O–H groups in total. The Morgan fingerprint density at radius 1 is 1.25 bits per heavy atom. The number of nitrogens with zero attached hydrogens (tertiary/aromatic N) is 1. The molecule has 2 radical (unpaired) electrons. The van der Waals surface area contributed by atoms with Gasteiger partial charge in [-0.15, -0.1) is 0 Å². The van der Waals surface area contributed by atoms with Gasteiger partial charge in [0, 0.05) is 0 Å². The third kappa shape index (κ3) is 9.96. The molecule has 0 unspecified atom stereocenters. The molecule has 0 aromatic carbocycles. The second kappa shape index (κ2) is 4.70. The van der Waals surface area contributed by atoms with Crippen LogP contribution in [0.25, 0.3) is 0 Å². The van der Waals surface area contributed by atoms with E-state index in [0.717, 1.165) is 11.0 Å². The zero-order chi connectivity index (χ0) is 5.91. The van der Waals surface area contributed by atoms with Crippen LogP contribution in [0.3, 0.4) is 0 Å². The fourth-order valence-corrected chi connectivity index (χ4v) is 0.300. The summed E-state index contributed by atoms with van der Waals surface area (Å²) in [6, 6.07) is 0. The summed E-state index contributed by atoms with van der Waals surface area (Å²) in [5, 5.41) is 8.39. The summed E-state index contributed by atoms with van der Waals surface area (Å²) in [5.41, 5.74) is 0. The van der Waals surface area contributed by atoms with Crippen LogP contribution in [0.4, 0.5) is 0 Å². The van der Waals surface area contributed by atoms with Gasteiger partial charge in [-0.25, -0.2) is 0 Å². The van der Waals surface area contributed by atoms with Crippen molar-refractivity contribution in [2.45, 2.75) is 0 Å². The van der Waals surface area contributed by atoms with Crippen molar-refractivity contribution < 1.29 is 9.59 Å². The van der Waals surface area contributed by atoms with E-state index in [1.54, 1.807) is 0 Å². The molecule has 2 nitrogen and oxygen atoms in total. The predicted molar refractivity (Wildman–Crippen MR) is 38.5 cm³/mol. The molecule has 0 saturated heterocycles. The van der Waals surface area contributed by atoms with Crippen LogP contribution in [0, 0.1) is 0 Å². The van der Waals surface area contributed by atoms with Crippen molar-refractivity contribution in [2.24, 2.45) is 0 Å². The van der Waals surface area contributed by atoms with E-state index in [1.165, 1.54) is 0 Å². The number of aliphatic hydroxyl groups excluding tert-OH is 1. The number of likely N-dealkylation sites (N-methyl/N-ethyl adjacent to an activating group) is 1. The molecule has 0 atom stereocenters. The number of aliphatic hydroxyl groups is 1. The number of hydrogen-bond acceptors (Lipinski definition) is 1. The fourth-order valence-electron chi connectivity index (χ4n) is 0.300. The predicted octanol–water partition coefficient (Wildman–Crippen LogP) is -1.23. The van der Waals surface area contributed by atoms with Gasteiger partial charge in [0.25, 0.3) is 0 Å². The van der Waals surface area contributed by atoms with E-state index in [9.17, 15) is 0 Å². The molecule has 0 aromatic rings. The molecule has 0 aliphatic carbocycles. The summed E-state index contributed by atoms with van der Waals surface area (Å²) in [6.45, 7) is 1.11. The van der Waals surface area contributed by atoms with Crippen molar-refractivity contribution in [3.05, 3.63) is 0 Å². The molecule has 0 aliphatic heterocycles. The van der Waals surface area contributed by atoms with Crippen molar-refractivity contribution in [2.75, 3.05) is 34.3 Å². The van der Waals surface area contributed by atoms with Crippen LogP contribution in [-0.2, 0) is 0 Å². The topological polar surface area (TPSA) is 20.2 Å². The summed E-state index contributed by atoms with van der Waals surface area (Å²) in [5.74, 6) is 0. The minimum atomic E-state index is 0. The third-order valence-corrected chi connectivity index (χ3v) is 0.771. The summed E-state index contributed by atoms with van der Waals surface area (Å²) in [7, 11) is 6.16. The van der Waals surface area contributed by atoms with Crippen molar-refractivity contribution in [1.82, 2.24) is 0 Å². The molecule has 8 heavy (non-hydrogen) atoms. The van der Waals surface area contributed by atoms with Crippen LogP contribution in [0.5, 0.6) is 0 Å². The number of quaternary nitrogens is 1. The Morgan fingerprint density at radius 3 is 1.62 bits per heavy atom. The van der Waals surface area contributed by atoms with E-state index >= 15 is 0 Å². The summed E-state index contributed by atoms with van der Waals surface area (Å²) >= 11 is 0. The van der Waals surface area contributed by atoms with Gasteiger partial charge in [-0.3, -0.25) is 0 Å². The Labute approximate surface area is 71.2 Å². The van der Waals surface area contributed by atoms with Gasteiger partial charge in [-0.05, 0) is 0 Å². The Bertz CT molecular complexity index is 50.9. The second-order valence-corrected chi connectivity index (χ2v) is 2.74. The van der Waals surface area contributed by atoms with E-state index in [-0.39, 0.29) is 33.9 Å². The Kier molecular flexibility index (Phi) is 6.82. The quantitative estimate of drug-likeness (QED) is 0.500. The van der Waals surface area contributed by atoms with E-state index in [1.807, 2.05) is 0 Å². The van der Waals surface area contributed by atoms with Crippen LogP contribution < -0.4 is 0 Å². The fraction of sp³-hybridized carbons (Fsp3) is 1.00. The molecule has 0 fully saturated rings. The molecular weight excluding hydrogens is 297 g/mol. The van der Waals surface area contributed by atoms with Gasteiger partial charge in [0.15, 0.2) is 0 Å². The monoisotopic (exact) mass is 314 g/mol. The first-order chi connectivity index (χ1) is 3.06.